The van der Waals surface area contributed by atoms with Gasteiger partial charge in [0.05, 0.1) is 10.9 Å². The predicted molar refractivity (Wildman–Crippen MR) is 71.3 cm³/mol. The first-order valence-corrected chi connectivity index (χ1v) is 5.96. The Balaban J connectivity index is 0.000000270. The second-order valence-electron chi connectivity index (χ2n) is 4.96. The van der Waals surface area contributed by atoms with E-state index in [0.29, 0.717) is 17.4 Å². The van der Waals surface area contributed by atoms with Gasteiger partial charge < -0.3 is 14.6 Å². The number of benzene rings is 1. The van der Waals surface area contributed by atoms with Crippen LogP contribution in [0.4, 0.5) is 8.78 Å². The Morgan fingerprint density at radius 3 is 2.52 bits per heavy atom. The number of phenols is 1. The highest BCUT2D eigenvalue weighted by Crippen LogP contribution is 2.26. The summed E-state index contributed by atoms with van der Waals surface area (Å²) >= 11 is 0. The molecule has 0 spiro atoms. The van der Waals surface area contributed by atoms with E-state index in [1.807, 2.05) is 20.8 Å². The Morgan fingerprint density at radius 2 is 2.05 bits per heavy atom. The van der Waals surface area contributed by atoms with Crippen molar-refractivity contribution in [2.24, 2.45) is 0 Å². The van der Waals surface area contributed by atoms with Gasteiger partial charge in [-0.2, -0.15) is 8.78 Å². The molecule has 0 aliphatic rings. The number of hydrogen-bond donors (Lipinski definition) is 2. The van der Waals surface area contributed by atoms with Crippen molar-refractivity contribution in [3.05, 3.63) is 18.2 Å². The average molecular weight is 302 g/mol. The molecule has 0 saturated carbocycles. The normalized spacial score (nSPS) is 11.0. The number of alkyl halides is 2. The molecular weight excluding hydrogens is 286 g/mol. The number of aromatic hydroxyl groups is 1. The number of nitrogens with one attached hydrogen (secondary N) is 1. The topological polar surface area (TPSA) is 84.4 Å². The molecule has 6 nitrogen and oxygen atoms in total. The molecule has 0 amide bonds. The first-order chi connectivity index (χ1) is 9.73. The molecule has 0 unspecified atom stereocenters. The quantitative estimate of drug-likeness (QED) is 0.852. The van der Waals surface area contributed by atoms with Gasteiger partial charge in [-0.15, -0.1) is 5.10 Å². The molecule has 0 atom stereocenters. The van der Waals surface area contributed by atoms with E-state index in [1.54, 1.807) is 0 Å². The summed E-state index contributed by atoms with van der Waals surface area (Å²) in [5, 5.41) is 15.5. The summed E-state index contributed by atoms with van der Waals surface area (Å²) in [6.07, 6.45) is 0. The van der Waals surface area contributed by atoms with Gasteiger partial charge in [0.15, 0.2) is 0 Å². The minimum Gasteiger partial charge on any atom is -0.508 e. The molecule has 2 aromatic rings. The molecule has 21 heavy (non-hydrogen) atoms. The summed E-state index contributed by atoms with van der Waals surface area (Å²) in [7, 11) is 0. The fourth-order valence-corrected chi connectivity index (χ4v) is 1.30. The number of carbonyl (C=O) groups excluding carboxylic acids is 1. The minimum absolute atomic E-state index is 0.0322. The summed E-state index contributed by atoms with van der Waals surface area (Å²) in [5.41, 5.74) is 0.127. The van der Waals surface area contributed by atoms with Gasteiger partial charge in [-0.3, -0.25) is 9.89 Å². The molecule has 1 aromatic carbocycles. The summed E-state index contributed by atoms with van der Waals surface area (Å²) < 4.78 is 32.5. The summed E-state index contributed by atoms with van der Waals surface area (Å²) in [5.74, 6) is -0.139. The number of aromatic amines is 1. The van der Waals surface area contributed by atoms with Crippen LogP contribution < -0.4 is 4.74 Å². The molecule has 0 saturated heterocycles. The molecule has 1 heterocycles. The molecule has 0 fully saturated rings. The van der Waals surface area contributed by atoms with Crippen molar-refractivity contribution in [1.82, 2.24) is 10.2 Å². The Bertz CT molecular complexity index is 593. The smallest absolute Gasteiger partial charge is 0.388 e. The SMILES string of the molecule is CC(C)(C)OC=O.Oc1ccc2c(OC(F)F)n[nH]c2c1. The van der Waals surface area contributed by atoms with Gasteiger partial charge in [0, 0.05) is 6.07 Å². The lowest BCUT2D eigenvalue weighted by Crippen LogP contribution is -2.17. The standard InChI is InChI=1S/C8H6F2N2O2.C5H10O2/c9-8(10)14-7-5-2-1-4(13)3-6(5)11-12-7;1-5(2,3)7-4-6/h1-3,8,13H,(H,11,12);4H,1-3H3. The highest BCUT2D eigenvalue weighted by Gasteiger charge is 2.11. The highest BCUT2D eigenvalue weighted by molar-refractivity contribution is 5.85. The van der Waals surface area contributed by atoms with Gasteiger partial charge >= 0.3 is 6.61 Å². The second-order valence-corrected chi connectivity index (χ2v) is 4.96. The number of fused-ring (bicyclic) bond motifs is 1. The molecule has 2 N–H and O–H groups in total. The number of rotatable bonds is 3. The zero-order valence-electron chi connectivity index (χ0n) is 11.8. The number of carbonyl (C=O) groups is 1. The maximum Gasteiger partial charge on any atom is 0.388 e. The molecule has 2 rings (SSSR count). The molecular formula is C13H16F2N2O4. The largest absolute Gasteiger partial charge is 0.508 e. The number of aromatic nitrogens is 2. The van der Waals surface area contributed by atoms with Gasteiger partial charge in [-0.25, -0.2) is 0 Å². The van der Waals surface area contributed by atoms with E-state index >= 15 is 0 Å². The lowest BCUT2D eigenvalue weighted by molar-refractivity contribution is -0.138. The van der Waals surface area contributed by atoms with Crippen molar-refractivity contribution in [3.8, 4) is 11.6 Å². The van der Waals surface area contributed by atoms with Gasteiger partial charge in [-0.05, 0) is 32.9 Å². The number of phenolic OH excluding ortho intramolecular Hbond substituents is 1. The van der Waals surface area contributed by atoms with Crippen LogP contribution in [-0.2, 0) is 9.53 Å². The predicted octanol–water partition coefficient (Wildman–Crippen LogP) is 2.83. The number of halogens is 2. The van der Waals surface area contributed by atoms with Crippen LogP contribution in [0.5, 0.6) is 11.6 Å². The van der Waals surface area contributed by atoms with Crippen LogP contribution in [0.1, 0.15) is 20.8 Å². The number of nitrogens with zero attached hydrogens (tertiary/aromatic N) is 1. The molecule has 8 heteroatoms. The zero-order chi connectivity index (χ0) is 16.0. The van der Waals surface area contributed by atoms with E-state index < -0.39 is 6.61 Å². The van der Waals surface area contributed by atoms with E-state index in [0.717, 1.165) is 0 Å². The highest BCUT2D eigenvalue weighted by atomic mass is 19.3. The number of ether oxygens (including phenoxy) is 2. The van der Waals surface area contributed by atoms with Crippen molar-refractivity contribution in [2.75, 3.05) is 0 Å². The van der Waals surface area contributed by atoms with E-state index in [9.17, 15) is 13.6 Å². The molecule has 0 aliphatic carbocycles. The van der Waals surface area contributed by atoms with Gasteiger partial charge in [-0.1, -0.05) is 0 Å². The first-order valence-electron chi connectivity index (χ1n) is 5.96. The van der Waals surface area contributed by atoms with Crippen LogP contribution in [0.15, 0.2) is 18.2 Å². The van der Waals surface area contributed by atoms with Crippen molar-refractivity contribution in [1.29, 1.82) is 0 Å². The fraction of sp³-hybridized carbons (Fsp3) is 0.385. The van der Waals surface area contributed by atoms with Crippen molar-refractivity contribution >= 4 is 17.4 Å². The molecule has 0 radical (unpaired) electrons. The third-order valence-electron chi connectivity index (χ3n) is 2.11. The fourth-order valence-electron chi connectivity index (χ4n) is 1.30. The first kappa shape index (κ1) is 16.7. The van der Waals surface area contributed by atoms with Crippen LogP contribution in [0, 0.1) is 0 Å². The molecule has 116 valence electrons. The summed E-state index contributed by atoms with van der Waals surface area (Å²) in [6, 6.07) is 4.20. The molecule has 0 bridgehead atoms. The van der Waals surface area contributed by atoms with Crippen LogP contribution in [0.3, 0.4) is 0 Å². The zero-order valence-corrected chi connectivity index (χ0v) is 11.8. The number of hydrogen-bond acceptors (Lipinski definition) is 5. The van der Waals surface area contributed by atoms with Gasteiger partial charge in [0.2, 0.25) is 5.88 Å². The van der Waals surface area contributed by atoms with Crippen LogP contribution >= 0.6 is 0 Å². The van der Waals surface area contributed by atoms with E-state index in [4.69, 9.17) is 5.11 Å². The van der Waals surface area contributed by atoms with Crippen LogP contribution in [0.25, 0.3) is 10.9 Å². The Kier molecular flexibility index (Phi) is 5.45. The average Bonchev–Trinajstić information content (AvgIpc) is 2.70. The lowest BCUT2D eigenvalue weighted by atomic mass is 10.2. The summed E-state index contributed by atoms with van der Waals surface area (Å²) in [4.78, 5) is 9.60. The van der Waals surface area contributed by atoms with Crippen molar-refractivity contribution in [2.45, 2.75) is 33.0 Å². The van der Waals surface area contributed by atoms with Gasteiger partial charge in [0.1, 0.15) is 11.4 Å². The molecule has 0 aliphatic heterocycles. The van der Waals surface area contributed by atoms with E-state index in [1.165, 1.54) is 18.2 Å². The van der Waals surface area contributed by atoms with Crippen LogP contribution in [0.2, 0.25) is 0 Å². The maximum atomic E-state index is 11.9. The van der Waals surface area contributed by atoms with Gasteiger partial charge in [0.25, 0.3) is 6.47 Å². The van der Waals surface area contributed by atoms with Crippen molar-refractivity contribution < 1.29 is 28.2 Å². The Hall–Kier alpha value is -2.38. The number of H-pyrrole nitrogens is 1. The van der Waals surface area contributed by atoms with Crippen molar-refractivity contribution in [3.63, 3.8) is 0 Å². The third kappa shape index (κ3) is 5.64. The Labute approximate surface area is 119 Å². The minimum atomic E-state index is -2.91. The maximum absolute atomic E-state index is 11.9. The van der Waals surface area contributed by atoms with Crippen LogP contribution in [-0.4, -0.2) is 34.0 Å². The Morgan fingerprint density at radius 1 is 1.38 bits per heavy atom. The van der Waals surface area contributed by atoms with E-state index in [2.05, 4.69) is 19.7 Å². The third-order valence-corrected chi connectivity index (χ3v) is 2.11. The summed E-state index contributed by atoms with van der Waals surface area (Å²) in [6.45, 7) is 3.01. The second kappa shape index (κ2) is 6.87. The molecule has 1 aromatic heterocycles. The monoisotopic (exact) mass is 302 g/mol. The van der Waals surface area contributed by atoms with E-state index in [-0.39, 0.29) is 17.2 Å². The lowest BCUT2D eigenvalue weighted by Gasteiger charge is -2.14.